The van der Waals surface area contributed by atoms with Crippen molar-refractivity contribution >= 4 is 11.7 Å². The van der Waals surface area contributed by atoms with Crippen molar-refractivity contribution in [3.8, 4) is 5.75 Å². The van der Waals surface area contributed by atoms with E-state index in [2.05, 4.69) is 4.98 Å². The third-order valence-electron chi connectivity index (χ3n) is 1.55. The molecular formula is C8H6N2O3. The molecule has 5 heteroatoms. The minimum atomic E-state index is -1.32. The number of carboxylic acid groups (broad SMARTS) is 1. The maximum atomic E-state index is 11.2. The minimum Gasteiger partial charge on any atom is -0.866 e. The van der Waals surface area contributed by atoms with Crippen molar-refractivity contribution in [2.24, 2.45) is 0 Å². The summed E-state index contributed by atoms with van der Waals surface area (Å²) in [5.74, 6) is -2.10. The number of diazo groups is 1. The van der Waals surface area contributed by atoms with Crippen LogP contribution >= 0.6 is 0 Å². The molecule has 0 heterocycles. The Labute approximate surface area is 73.9 Å². The van der Waals surface area contributed by atoms with Crippen LogP contribution in [0.2, 0.25) is 0 Å². The van der Waals surface area contributed by atoms with Crippen LogP contribution in [0.1, 0.15) is 15.9 Å². The number of benzene rings is 1. The summed E-state index contributed by atoms with van der Waals surface area (Å²) in [5.41, 5.74) is -0.0741. The molecule has 0 saturated carbocycles. The first-order valence-electron chi connectivity index (χ1n) is 3.46. The van der Waals surface area contributed by atoms with Crippen LogP contribution in [0.3, 0.4) is 0 Å². The summed E-state index contributed by atoms with van der Waals surface area (Å²) >= 11 is 0. The average Bonchev–Trinajstić information content (AvgIpc) is 2.08. The highest BCUT2D eigenvalue weighted by atomic mass is 16.4. The van der Waals surface area contributed by atoms with E-state index >= 15 is 0 Å². The number of hydrogen-bond acceptors (Lipinski definition) is 3. The number of hydrogen-bond donors (Lipinski definition) is 1. The van der Waals surface area contributed by atoms with E-state index in [1.54, 1.807) is 6.92 Å². The van der Waals surface area contributed by atoms with Gasteiger partial charge in [0.05, 0.1) is 5.56 Å². The zero-order chi connectivity index (χ0) is 10.0. The number of carboxylic acids is 1. The molecule has 0 bridgehead atoms. The molecule has 1 N–H and O–H groups in total. The Bertz CT molecular complexity index is 407. The van der Waals surface area contributed by atoms with Gasteiger partial charge in [0.25, 0.3) is 0 Å². The predicted molar refractivity (Wildman–Crippen MR) is 42.3 cm³/mol. The van der Waals surface area contributed by atoms with Crippen molar-refractivity contribution in [3.05, 3.63) is 28.2 Å². The molecule has 0 aromatic heterocycles. The van der Waals surface area contributed by atoms with Gasteiger partial charge in [0.1, 0.15) is 0 Å². The zero-order valence-corrected chi connectivity index (χ0v) is 6.81. The lowest BCUT2D eigenvalue weighted by Gasteiger charge is -2.06. The number of aromatic carboxylic acids is 1. The van der Waals surface area contributed by atoms with Gasteiger partial charge >= 0.3 is 11.7 Å². The summed E-state index contributed by atoms with van der Waals surface area (Å²) in [4.78, 5) is 13.2. The van der Waals surface area contributed by atoms with E-state index in [1.165, 1.54) is 12.1 Å². The Morgan fingerprint density at radius 1 is 1.62 bits per heavy atom. The minimum absolute atomic E-state index is 0.252. The molecule has 1 aromatic rings. The van der Waals surface area contributed by atoms with Crippen molar-refractivity contribution in [1.82, 2.24) is 0 Å². The van der Waals surface area contributed by atoms with Crippen molar-refractivity contribution in [2.75, 3.05) is 0 Å². The molecule has 0 amide bonds. The summed E-state index contributed by atoms with van der Waals surface area (Å²) in [5, 5.41) is 28.1. The predicted octanol–water partition coefficient (Wildman–Crippen LogP) is 1.25. The highest BCUT2D eigenvalue weighted by molar-refractivity contribution is 5.93. The van der Waals surface area contributed by atoms with Crippen molar-refractivity contribution in [3.63, 3.8) is 0 Å². The number of carbonyl (C=O) groups is 1. The van der Waals surface area contributed by atoms with Gasteiger partial charge in [-0.25, -0.2) is 4.79 Å². The van der Waals surface area contributed by atoms with E-state index in [-0.39, 0.29) is 11.3 Å². The molecule has 1 aromatic carbocycles. The second-order valence-corrected chi connectivity index (χ2v) is 2.57. The molecule has 0 saturated heterocycles. The van der Waals surface area contributed by atoms with Gasteiger partial charge in [0, 0.05) is 11.8 Å². The van der Waals surface area contributed by atoms with Gasteiger partial charge in [-0.05, 0) is 18.6 Å². The summed E-state index contributed by atoms with van der Waals surface area (Å²) in [6.07, 6.45) is 0. The van der Waals surface area contributed by atoms with E-state index in [1.807, 2.05) is 0 Å². The smallest absolute Gasteiger partial charge is 0.378 e. The number of nitrogens with zero attached hydrogens (tertiary/aromatic N) is 2. The first kappa shape index (κ1) is 9.00. The maximum absolute atomic E-state index is 11.2. The molecule has 0 aliphatic heterocycles. The van der Waals surface area contributed by atoms with E-state index in [0.717, 1.165) is 0 Å². The third-order valence-corrected chi connectivity index (χ3v) is 1.55. The molecule has 5 nitrogen and oxygen atoms in total. The first-order chi connectivity index (χ1) is 6.06. The second kappa shape index (κ2) is 3.11. The standard InChI is InChI=1S/C8H6N2O3/c1-4-2-5(8(12)13)7(11)6(3-4)10-9/h2-3H,1H3,(H-,11,12,13). The third kappa shape index (κ3) is 1.56. The average molecular weight is 178 g/mol. The molecule has 0 unspecified atom stereocenters. The molecular weight excluding hydrogens is 172 g/mol. The molecule has 66 valence electrons. The van der Waals surface area contributed by atoms with Crippen LogP contribution in [0.25, 0.3) is 4.98 Å². The van der Waals surface area contributed by atoms with Gasteiger partial charge in [-0.15, -0.1) is 0 Å². The summed E-state index contributed by atoms with van der Waals surface area (Å²) in [6.45, 7) is 1.61. The highest BCUT2D eigenvalue weighted by Crippen LogP contribution is 2.28. The van der Waals surface area contributed by atoms with Crippen LogP contribution in [-0.2, 0) is 0 Å². The fraction of sp³-hybridized carbons (Fsp3) is 0.125. The van der Waals surface area contributed by atoms with Crippen LogP contribution in [0.15, 0.2) is 12.1 Å². The van der Waals surface area contributed by atoms with Crippen LogP contribution in [0.5, 0.6) is 5.75 Å². The van der Waals surface area contributed by atoms with E-state index in [9.17, 15) is 9.90 Å². The Morgan fingerprint density at radius 3 is 2.69 bits per heavy atom. The second-order valence-electron chi connectivity index (χ2n) is 2.57. The van der Waals surface area contributed by atoms with Crippen LogP contribution in [0.4, 0.5) is 5.69 Å². The normalized spacial score (nSPS) is 9.23. The van der Waals surface area contributed by atoms with Gasteiger partial charge in [0.2, 0.25) is 5.39 Å². The Kier molecular flexibility index (Phi) is 2.15. The van der Waals surface area contributed by atoms with Gasteiger partial charge < -0.3 is 10.2 Å². The number of rotatable bonds is 1. The lowest BCUT2D eigenvalue weighted by atomic mass is 10.1. The van der Waals surface area contributed by atoms with Gasteiger partial charge in [-0.3, -0.25) is 0 Å². The largest absolute Gasteiger partial charge is 0.866 e. The molecule has 0 aliphatic rings. The van der Waals surface area contributed by atoms with Crippen LogP contribution in [-0.4, -0.2) is 11.1 Å². The zero-order valence-electron chi connectivity index (χ0n) is 6.81. The van der Waals surface area contributed by atoms with E-state index in [4.69, 9.17) is 10.5 Å². The molecule has 1 rings (SSSR count). The van der Waals surface area contributed by atoms with Crippen LogP contribution < -0.4 is 5.11 Å². The fourth-order valence-corrected chi connectivity index (χ4v) is 0.987. The van der Waals surface area contributed by atoms with E-state index < -0.39 is 11.7 Å². The van der Waals surface area contributed by atoms with Gasteiger partial charge in [-0.1, -0.05) is 0 Å². The van der Waals surface area contributed by atoms with Crippen LogP contribution in [0, 0.1) is 12.3 Å². The number of aryl methyl sites for hydroxylation is 1. The lowest BCUT2D eigenvalue weighted by molar-refractivity contribution is -0.267. The summed E-state index contributed by atoms with van der Waals surface area (Å²) in [7, 11) is 0. The molecule has 0 spiro atoms. The quantitative estimate of drug-likeness (QED) is 0.655. The lowest BCUT2D eigenvalue weighted by Crippen LogP contribution is -2.04. The molecule has 13 heavy (non-hydrogen) atoms. The monoisotopic (exact) mass is 178 g/mol. The van der Waals surface area contributed by atoms with Gasteiger partial charge in [-0.2, -0.15) is 0 Å². The topological polar surface area (TPSA) is 88.5 Å². The van der Waals surface area contributed by atoms with E-state index in [0.29, 0.717) is 5.56 Å². The molecule has 0 fully saturated rings. The molecule has 0 aliphatic carbocycles. The highest BCUT2D eigenvalue weighted by Gasteiger charge is 2.15. The summed E-state index contributed by atoms with van der Waals surface area (Å²) in [6, 6.07) is 2.55. The Balaban J connectivity index is 3.47. The van der Waals surface area contributed by atoms with Crippen molar-refractivity contribution in [2.45, 2.75) is 6.92 Å². The molecule has 0 atom stereocenters. The van der Waals surface area contributed by atoms with Crippen molar-refractivity contribution < 1.29 is 15.0 Å². The van der Waals surface area contributed by atoms with Gasteiger partial charge in [0.15, 0.2) is 4.98 Å². The first-order valence-corrected chi connectivity index (χ1v) is 3.46. The Hall–Kier alpha value is -2.09. The molecule has 0 radical (unpaired) electrons. The maximum Gasteiger partial charge on any atom is 0.378 e. The SMILES string of the molecule is Cc1cc([N+]#N)c([O-])c(C(=O)O)c1. The van der Waals surface area contributed by atoms with Crippen molar-refractivity contribution in [1.29, 1.82) is 5.39 Å². The Morgan fingerprint density at radius 2 is 2.23 bits per heavy atom. The summed E-state index contributed by atoms with van der Waals surface area (Å²) < 4.78 is 0. The fourth-order valence-electron chi connectivity index (χ4n) is 0.987.